The van der Waals surface area contributed by atoms with E-state index in [4.69, 9.17) is 0 Å². The van der Waals surface area contributed by atoms with Crippen molar-refractivity contribution in [3.05, 3.63) is 46.3 Å². The molecule has 2 aromatic rings. The average molecular weight is 247 g/mol. The van der Waals surface area contributed by atoms with Gasteiger partial charge in [-0.1, -0.05) is 12.1 Å². The zero-order valence-corrected chi connectivity index (χ0v) is 9.41. The highest BCUT2D eigenvalue weighted by Gasteiger charge is 2.18. The van der Waals surface area contributed by atoms with Gasteiger partial charge in [0.2, 0.25) is 0 Å². The number of hydrogen-bond acceptors (Lipinski definition) is 5. The summed E-state index contributed by atoms with van der Waals surface area (Å²) in [6, 6.07) is 6.14. The van der Waals surface area contributed by atoms with Gasteiger partial charge in [0.1, 0.15) is 11.5 Å². The van der Waals surface area contributed by atoms with E-state index in [0.29, 0.717) is 5.56 Å². The minimum atomic E-state index is -0.577. The molecule has 92 valence electrons. The predicted molar refractivity (Wildman–Crippen MR) is 62.0 cm³/mol. The molecule has 1 heterocycles. The van der Waals surface area contributed by atoms with Gasteiger partial charge in [0.25, 0.3) is 5.69 Å². The van der Waals surface area contributed by atoms with Crippen molar-refractivity contribution in [2.24, 2.45) is 0 Å². The molecule has 0 saturated carbocycles. The number of hydrogen-bond donors (Lipinski definition) is 1. The Morgan fingerprint density at radius 3 is 2.83 bits per heavy atom. The number of rotatable bonds is 3. The van der Waals surface area contributed by atoms with E-state index in [1.165, 1.54) is 19.4 Å². The van der Waals surface area contributed by atoms with Crippen LogP contribution in [0.5, 0.6) is 0 Å². The van der Waals surface area contributed by atoms with Crippen LogP contribution >= 0.6 is 0 Å². The standard InChI is InChI=1S/C11H9N3O4/c1-18-11(15)8-6-12-10(13-8)7-4-2-3-5-9(7)14(16)17/h2-6H,1H3,(H,12,13). The number of nitro benzene ring substituents is 1. The van der Waals surface area contributed by atoms with Crippen LogP contribution in [0.2, 0.25) is 0 Å². The molecular formula is C11H9N3O4. The van der Waals surface area contributed by atoms with Gasteiger partial charge in [-0.3, -0.25) is 10.1 Å². The Hall–Kier alpha value is -2.70. The zero-order chi connectivity index (χ0) is 13.1. The van der Waals surface area contributed by atoms with Crippen molar-refractivity contribution < 1.29 is 14.5 Å². The molecule has 0 bridgehead atoms. The Balaban J connectivity index is 2.46. The molecule has 7 nitrogen and oxygen atoms in total. The highest BCUT2D eigenvalue weighted by molar-refractivity contribution is 5.88. The fourth-order valence-electron chi connectivity index (χ4n) is 1.50. The van der Waals surface area contributed by atoms with Gasteiger partial charge < -0.3 is 9.72 Å². The molecule has 0 fully saturated rings. The lowest BCUT2D eigenvalue weighted by atomic mass is 10.2. The summed E-state index contributed by atoms with van der Waals surface area (Å²) in [5.41, 5.74) is 0.381. The second kappa shape index (κ2) is 4.66. The van der Waals surface area contributed by atoms with E-state index in [2.05, 4.69) is 14.7 Å². The van der Waals surface area contributed by atoms with Crippen LogP contribution in [-0.2, 0) is 4.74 Å². The number of nitro groups is 1. The van der Waals surface area contributed by atoms with Gasteiger partial charge in [0.15, 0.2) is 0 Å². The minimum Gasteiger partial charge on any atom is -0.464 e. The first-order valence-corrected chi connectivity index (χ1v) is 5.00. The molecule has 7 heteroatoms. The first kappa shape index (κ1) is 11.8. The van der Waals surface area contributed by atoms with Crippen molar-refractivity contribution in [3.63, 3.8) is 0 Å². The van der Waals surface area contributed by atoms with Gasteiger partial charge in [0, 0.05) is 6.07 Å². The summed E-state index contributed by atoms with van der Waals surface area (Å²) in [5, 5.41) is 10.9. The number of esters is 1. The molecule has 18 heavy (non-hydrogen) atoms. The molecule has 0 atom stereocenters. The molecule has 0 aliphatic rings. The lowest BCUT2D eigenvalue weighted by Gasteiger charge is -1.98. The molecule has 1 N–H and O–H groups in total. The summed E-state index contributed by atoms with van der Waals surface area (Å²) < 4.78 is 4.52. The maximum atomic E-state index is 11.2. The molecule has 1 aromatic carbocycles. The quantitative estimate of drug-likeness (QED) is 0.506. The van der Waals surface area contributed by atoms with E-state index in [-0.39, 0.29) is 17.2 Å². The van der Waals surface area contributed by atoms with Gasteiger partial charge in [-0.15, -0.1) is 0 Å². The van der Waals surface area contributed by atoms with Crippen LogP contribution in [0.1, 0.15) is 10.5 Å². The molecule has 0 radical (unpaired) electrons. The zero-order valence-electron chi connectivity index (χ0n) is 9.41. The van der Waals surface area contributed by atoms with Gasteiger partial charge >= 0.3 is 5.97 Å². The first-order valence-electron chi connectivity index (χ1n) is 5.00. The number of carbonyl (C=O) groups excluding carboxylic acids is 1. The summed E-state index contributed by atoms with van der Waals surface area (Å²) >= 11 is 0. The third-order valence-electron chi connectivity index (χ3n) is 2.34. The Labute approximate surface area is 102 Å². The highest BCUT2D eigenvalue weighted by atomic mass is 16.6. The van der Waals surface area contributed by atoms with Crippen LogP contribution in [-0.4, -0.2) is 28.0 Å². The Morgan fingerprint density at radius 2 is 2.17 bits per heavy atom. The van der Waals surface area contributed by atoms with Crippen LogP contribution in [0.4, 0.5) is 5.69 Å². The number of aromatic amines is 1. The SMILES string of the molecule is COC(=O)c1cnc(-c2ccccc2[N+](=O)[O-])[nH]1. The molecule has 0 aliphatic carbocycles. The fourth-order valence-corrected chi connectivity index (χ4v) is 1.50. The lowest BCUT2D eigenvalue weighted by Crippen LogP contribution is -2.01. The van der Waals surface area contributed by atoms with Crippen LogP contribution in [0.15, 0.2) is 30.5 Å². The summed E-state index contributed by atoms with van der Waals surface area (Å²) in [5.74, 6) is -0.324. The van der Waals surface area contributed by atoms with Crippen LogP contribution in [0, 0.1) is 10.1 Å². The van der Waals surface area contributed by atoms with Gasteiger partial charge in [-0.25, -0.2) is 9.78 Å². The number of H-pyrrole nitrogens is 1. The molecule has 0 saturated heterocycles. The van der Waals surface area contributed by atoms with E-state index in [1.54, 1.807) is 18.2 Å². The van der Waals surface area contributed by atoms with Crippen molar-refractivity contribution in [1.29, 1.82) is 0 Å². The average Bonchev–Trinajstić information content (AvgIpc) is 2.87. The number of nitrogens with zero attached hydrogens (tertiary/aromatic N) is 2. The Kier molecular flexibility index (Phi) is 3.05. The van der Waals surface area contributed by atoms with E-state index >= 15 is 0 Å². The highest BCUT2D eigenvalue weighted by Crippen LogP contribution is 2.26. The van der Waals surface area contributed by atoms with E-state index in [1.807, 2.05) is 0 Å². The number of aromatic nitrogens is 2. The van der Waals surface area contributed by atoms with Crippen LogP contribution < -0.4 is 0 Å². The monoisotopic (exact) mass is 247 g/mol. The van der Waals surface area contributed by atoms with Gasteiger partial charge in [-0.2, -0.15) is 0 Å². The molecule has 1 aromatic heterocycles. The summed E-state index contributed by atoms with van der Waals surface area (Å²) in [6.45, 7) is 0. The van der Waals surface area contributed by atoms with Crippen molar-refractivity contribution >= 4 is 11.7 Å². The number of carbonyl (C=O) groups is 1. The van der Waals surface area contributed by atoms with E-state index in [9.17, 15) is 14.9 Å². The Bertz CT molecular complexity index is 606. The van der Waals surface area contributed by atoms with Crippen molar-refractivity contribution in [3.8, 4) is 11.4 Å². The number of para-hydroxylation sites is 1. The molecule has 2 rings (SSSR count). The molecule has 0 unspecified atom stereocenters. The smallest absolute Gasteiger partial charge is 0.356 e. The number of ether oxygens (including phenoxy) is 1. The van der Waals surface area contributed by atoms with E-state index in [0.717, 1.165) is 0 Å². The molecule has 0 aliphatic heterocycles. The molecular weight excluding hydrogens is 238 g/mol. The normalized spacial score (nSPS) is 10.1. The third-order valence-corrected chi connectivity index (χ3v) is 2.34. The van der Waals surface area contributed by atoms with E-state index < -0.39 is 10.9 Å². The van der Waals surface area contributed by atoms with Crippen LogP contribution in [0.3, 0.4) is 0 Å². The van der Waals surface area contributed by atoms with Gasteiger partial charge in [0.05, 0.1) is 23.8 Å². The Morgan fingerprint density at radius 1 is 1.44 bits per heavy atom. The maximum absolute atomic E-state index is 11.2. The topological polar surface area (TPSA) is 98.1 Å². The number of imidazole rings is 1. The number of benzene rings is 1. The summed E-state index contributed by atoms with van der Waals surface area (Å²) in [7, 11) is 1.24. The first-order chi connectivity index (χ1) is 8.63. The summed E-state index contributed by atoms with van der Waals surface area (Å²) in [6.07, 6.45) is 1.28. The van der Waals surface area contributed by atoms with Crippen molar-refractivity contribution in [2.75, 3.05) is 7.11 Å². The van der Waals surface area contributed by atoms with Crippen molar-refractivity contribution in [1.82, 2.24) is 9.97 Å². The largest absolute Gasteiger partial charge is 0.464 e. The minimum absolute atomic E-state index is 0.0803. The fraction of sp³-hybridized carbons (Fsp3) is 0.0909. The lowest BCUT2D eigenvalue weighted by molar-refractivity contribution is -0.384. The summed E-state index contributed by atoms with van der Waals surface area (Å²) in [4.78, 5) is 28.2. The van der Waals surface area contributed by atoms with Crippen LogP contribution in [0.25, 0.3) is 11.4 Å². The third kappa shape index (κ3) is 2.05. The second-order valence-corrected chi connectivity index (χ2v) is 3.41. The van der Waals surface area contributed by atoms with Crippen molar-refractivity contribution in [2.45, 2.75) is 0 Å². The second-order valence-electron chi connectivity index (χ2n) is 3.41. The predicted octanol–water partition coefficient (Wildman–Crippen LogP) is 1.77. The molecule has 0 spiro atoms. The van der Waals surface area contributed by atoms with Gasteiger partial charge in [-0.05, 0) is 6.07 Å². The maximum Gasteiger partial charge on any atom is 0.356 e. The molecule has 0 amide bonds. The number of nitrogens with one attached hydrogen (secondary N) is 1. The number of methoxy groups -OCH3 is 1.